The molecule has 3 nitrogen and oxygen atoms in total. The molecule has 2 rings (SSSR count). The standard InChI is InChI=1S/C15H21FN2O/c1-13(19)6-7-17-8-10-18(11-9-17)12-14-2-4-15(16)5-3-14/h2-5H,6-12H2,1H3. The molecule has 0 aromatic heterocycles. The highest BCUT2D eigenvalue weighted by molar-refractivity contribution is 5.75. The number of carbonyl (C=O) groups is 1. The number of rotatable bonds is 5. The average Bonchev–Trinajstić information content (AvgIpc) is 2.40. The lowest BCUT2D eigenvalue weighted by atomic mass is 10.2. The van der Waals surface area contributed by atoms with Crippen LogP contribution in [0.5, 0.6) is 0 Å². The number of carbonyl (C=O) groups excluding carboxylic acids is 1. The maximum absolute atomic E-state index is 12.8. The molecule has 1 aliphatic heterocycles. The monoisotopic (exact) mass is 264 g/mol. The number of nitrogens with zero attached hydrogens (tertiary/aromatic N) is 2. The zero-order valence-corrected chi connectivity index (χ0v) is 11.4. The number of hydrogen-bond acceptors (Lipinski definition) is 3. The van der Waals surface area contributed by atoms with Crippen LogP contribution in [0.4, 0.5) is 4.39 Å². The molecule has 0 amide bonds. The third kappa shape index (κ3) is 4.73. The van der Waals surface area contributed by atoms with E-state index in [4.69, 9.17) is 0 Å². The van der Waals surface area contributed by atoms with Crippen LogP contribution in [0.1, 0.15) is 18.9 Å². The number of benzene rings is 1. The smallest absolute Gasteiger partial charge is 0.131 e. The molecule has 0 aliphatic carbocycles. The lowest BCUT2D eigenvalue weighted by molar-refractivity contribution is -0.117. The Morgan fingerprint density at radius 1 is 1.11 bits per heavy atom. The van der Waals surface area contributed by atoms with Gasteiger partial charge in [0, 0.05) is 45.7 Å². The summed E-state index contributed by atoms with van der Waals surface area (Å²) in [4.78, 5) is 15.7. The van der Waals surface area contributed by atoms with Crippen LogP contribution in [0.2, 0.25) is 0 Å². The minimum atomic E-state index is -0.183. The van der Waals surface area contributed by atoms with E-state index in [0.29, 0.717) is 6.42 Å². The first-order chi connectivity index (χ1) is 9.13. The van der Waals surface area contributed by atoms with Crippen molar-refractivity contribution >= 4 is 5.78 Å². The predicted octanol–water partition coefficient (Wildman–Crippen LogP) is 1.92. The SMILES string of the molecule is CC(=O)CCN1CCN(Cc2ccc(F)cc2)CC1. The van der Waals surface area contributed by atoms with Crippen molar-refractivity contribution in [3.8, 4) is 0 Å². The van der Waals surface area contributed by atoms with Crippen molar-refractivity contribution < 1.29 is 9.18 Å². The van der Waals surface area contributed by atoms with E-state index in [9.17, 15) is 9.18 Å². The Hall–Kier alpha value is -1.26. The maximum Gasteiger partial charge on any atom is 0.131 e. The van der Waals surface area contributed by atoms with Gasteiger partial charge in [0.2, 0.25) is 0 Å². The van der Waals surface area contributed by atoms with Crippen LogP contribution in [0.25, 0.3) is 0 Å². The van der Waals surface area contributed by atoms with Gasteiger partial charge in [0.05, 0.1) is 0 Å². The quantitative estimate of drug-likeness (QED) is 0.812. The second-order valence-corrected chi connectivity index (χ2v) is 5.20. The second-order valence-electron chi connectivity index (χ2n) is 5.20. The van der Waals surface area contributed by atoms with E-state index in [1.54, 1.807) is 6.92 Å². The van der Waals surface area contributed by atoms with Crippen molar-refractivity contribution in [1.82, 2.24) is 9.80 Å². The summed E-state index contributed by atoms with van der Waals surface area (Å²) in [6.07, 6.45) is 0.651. The molecule has 19 heavy (non-hydrogen) atoms. The largest absolute Gasteiger partial charge is 0.300 e. The summed E-state index contributed by atoms with van der Waals surface area (Å²) < 4.78 is 12.8. The van der Waals surface area contributed by atoms with Crippen LogP contribution in [-0.4, -0.2) is 48.3 Å². The molecule has 1 heterocycles. The average molecular weight is 264 g/mol. The van der Waals surface area contributed by atoms with Crippen molar-refractivity contribution in [2.45, 2.75) is 19.9 Å². The van der Waals surface area contributed by atoms with Gasteiger partial charge >= 0.3 is 0 Å². The Morgan fingerprint density at radius 2 is 1.68 bits per heavy atom. The van der Waals surface area contributed by atoms with Gasteiger partial charge in [0.1, 0.15) is 11.6 Å². The van der Waals surface area contributed by atoms with Gasteiger partial charge in [0.15, 0.2) is 0 Å². The fraction of sp³-hybridized carbons (Fsp3) is 0.533. The molecule has 0 unspecified atom stereocenters. The molecule has 1 fully saturated rings. The summed E-state index contributed by atoms with van der Waals surface area (Å²) in [5.74, 6) is 0.0755. The van der Waals surface area contributed by atoms with E-state index in [1.165, 1.54) is 12.1 Å². The van der Waals surface area contributed by atoms with E-state index in [0.717, 1.165) is 44.8 Å². The van der Waals surface area contributed by atoms with Gasteiger partial charge in [-0.05, 0) is 24.6 Å². The first-order valence-corrected chi connectivity index (χ1v) is 6.82. The Balaban J connectivity index is 1.74. The molecule has 1 aromatic carbocycles. The van der Waals surface area contributed by atoms with Crippen molar-refractivity contribution in [1.29, 1.82) is 0 Å². The normalized spacial score (nSPS) is 17.6. The number of Topliss-reactive ketones (excluding diaryl/α,β-unsaturated/α-hetero) is 1. The van der Waals surface area contributed by atoms with Gasteiger partial charge in [-0.3, -0.25) is 9.69 Å². The molecular weight excluding hydrogens is 243 g/mol. The van der Waals surface area contributed by atoms with Crippen LogP contribution in [0.3, 0.4) is 0 Å². The summed E-state index contributed by atoms with van der Waals surface area (Å²) >= 11 is 0. The molecule has 0 radical (unpaired) electrons. The molecule has 1 aromatic rings. The summed E-state index contributed by atoms with van der Waals surface area (Å²) in [6.45, 7) is 7.43. The zero-order valence-electron chi connectivity index (χ0n) is 11.4. The van der Waals surface area contributed by atoms with Crippen molar-refractivity contribution in [3.05, 3.63) is 35.6 Å². The number of halogens is 1. The highest BCUT2D eigenvalue weighted by Crippen LogP contribution is 2.09. The Bertz CT molecular complexity index is 411. The molecule has 4 heteroatoms. The van der Waals surface area contributed by atoms with Crippen LogP contribution in [0, 0.1) is 5.82 Å². The lowest BCUT2D eigenvalue weighted by Gasteiger charge is -2.34. The van der Waals surface area contributed by atoms with Gasteiger partial charge in [-0.25, -0.2) is 4.39 Å². The van der Waals surface area contributed by atoms with E-state index < -0.39 is 0 Å². The lowest BCUT2D eigenvalue weighted by Crippen LogP contribution is -2.46. The fourth-order valence-corrected chi connectivity index (χ4v) is 2.33. The molecule has 0 bridgehead atoms. The molecule has 1 aliphatic rings. The Labute approximate surface area is 114 Å². The van der Waals surface area contributed by atoms with E-state index in [-0.39, 0.29) is 11.6 Å². The minimum absolute atomic E-state index is 0.183. The minimum Gasteiger partial charge on any atom is -0.300 e. The first kappa shape index (κ1) is 14.2. The van der Waals surface area contributed by atoms with Crippen molar-refractivity contribution in [2.24, 2.45) is 0 Å². The zero-order chi connectivity index (χ0) is 13.7. The molecule has 0 atom stereocenters. The van der Waals surface area contributed by atoms with Gasteiger partial charge in [-0.2, -0.15) is 0 Å². The van der Waals surface area contributed by atoms with Crippen molar-refractivity contribution in [3.63, 3.8) is 0 Å². The second kappa shape index (κ2) is 6.78. The van der Waals surface area contributed by atoms with E-state index in [2.05, 4.69) is 9.80 Å². The number of hydrogen-bond donors (Lipinski definition) is 0. The summed E-state index contributed by atoms with van der Waals surface area (Å²) in [5.41, 5.74) is 1.15. The molecule has 0 spiro atoms. The van der Waals surface area contributed by atoms with Crippen LogP contribution >= 0.6 is 0 Å². The number of ketones is 1. The molecule has 104 valence electrons. The van der Waals surface area contributed by atoms with Gasteiger partial charge in [0.25, 0.3) is 0 Å². The maximum atomic E-state index is 12.8. The van der Waals surface area contributed by atoms with Gasteiger partial charge in [-0.1, -0.05) is 12.1 Å². The topological polar surface area (TPSA) is 23.6 Å². The molecule has 0 N–H and O–H groups in total. The number of piperazine rings is 1. The predicted molar refractivity (Wildman–Crippen MR) is 73.4 cm³/mol. The van der Waals surface area contributed by atoms with Gasteiger partial charge < -0.3 is 4.90 Å². The van der Waals surface area contributed by atoms with Crippen molar-refractivity contribution in [2.75, 3.05) is 32.7 Å². The summed E-state index contributed by atoms with van der Waals surface area (Å²) in [5, 5.41) is 0. The third-order valence-electron chi connectivity index (χ3n) is 3.56. The fourth-order valence-electron chi connectivity index (χ4n) is 2.33. The van der Waals surface area contributed by atoms with Crippen LogP contribution < -0.4 is 0 Å². The van der Waals surface area contributed by atoms with Crippen LogP contribution in [0.15, 0.2) is 24.3 Å². The summed E-state index contributed by atoms with van der Waals surface area (Å²) in [6, 6.07) is 6.71. The van der Waals surface area contributed by atoms with Gasteiger partial charge in [-0.15, -0.1) is 0 Å². The third-order valence-corrected chi connectivity index (χ3v) is 3.56. The summed E-state index contributed by atoms with van der Waals surface area (Å²) in [7, 11) is 0. The Kier molecular flexibility index (Phi) is 5.05. The molecule has 1 saturated heterocycles. The van der Waals surface area contributed by atoms with E-state index >= 15 is 0 Å². The van der Waals surface area contributed by atoms with E-state index in [1.807, 2.05) is 12.1 Å². The molecular formula is C15H21FN2O. The molecule has 0 saturated carbocycles. The highest BCUT2D eigenvalue weighted by atomic mass is 19.1. The Morgan fingerprint density at radius 3 is 2.26 bits per heavy atom. The van der Waals surface area contributed by atoms with Crippen LogP contribution in [-0.2, 0) is 11.3 Å². The highest BCUT2D eigenvalue weighted by Gasteiger charge is 2.16. The first-order valence-electron chi connectivity index (χ1n) is 6.82.